The number of likely N-dealkylation sites (tertiary alicyclic amines) is 1. The number of aliphatic hydroxyl groups is 1. The van der Waals surface area contributed by atoms with E-state index in [1.807, 2.05) is 0 Å². The van der Waals surface area contributed by atoms with Gasteiger partial charge in [-0.05, 0) is 32.6 Å². The summed E-state index contributed by atoms with van der Waals surface area (Å²) in [6.45, 7) is 1.42. The molecule has 14 heteroatoms. The normalized spacial score (nSPS) is 19.1. The molecule has 0 aromatic heterocycles. The highest BCUT2D eigenvalue weighted by Crippen LogP contribution is 2.19. The number of carboxylic acid groups (broad SMARTS) is 2. The van der Waals surface area contributed by atoms with Gasteiger partial charge >= 0.3 is 11.9 Å². The topological polar surface area (TPSA) is 242 Å². The first-order chi connectivity index (χ1) is 15.3. The lowest BCUT2D eigenvalue weighted by atomic mass is 10.1. The number of primary amides is 1. The number of nitrogens with one attached hydrogen (secondary N) is 2. The second-order valence-corrected chi connectivity index (χ2v) is 7.86. The number of carbonyl (C=O) groups excluding carboxylic acids is 4. The van der Waals surface area contributed by atoms with Crippen LogP contribution in [-0.4, -0.2) is 92.6 Å². The van der Waals surface area contributed by atoms with E-state index >= 15 is 0 Å². The number of aliphatic carboxylic acids is 2. The molecular weight excluding hydrogens is 442 g/mol. The van der Waals surface area contributed by atoms with Gasteiger partial charge in [0, 0.05) is 19.4 Å². The average Bonchev–Trinajstić information content (AvgIpc) is 3.21. The number of hydrogen-bond donors (Lipinski definition) is 7. The molecule has 0 radical (unpaired) electrons. The molecule has 5 unspecified atom stereocenters. The molecule has 1 rings (SSSR count). The van der Waals surface area contributed by atoms with E-state index in [9.17, 15) is 39.0 Å². The maximum atomic E-state index is 12.8. The van der Waals surface area contributed by atoms with Gasteiger partial charge in [-0.25, -0.2) is 4.79 Å². The Bertz CT molecular complexity index is 773. The van der Waals surface area contributed by atoms with Crippen molar-refractivity contribution >= 4 is 35.6 Å². The summed E-state index contributed by atoms with van der Waals surface area (Å²) in [4.78, 5) is 72.0. The zero-order valence-electron chi connectivity index (χ0n) is 18.2. The van der Waals surface area contributed by atoms with Gasteiger partial charge in [0.25, 0.3) is 0 Å². The first kappa shape index (κ1) is 27.8. The van der Waals surface area contributed by atoms with E-state index < -0.39 is 65.8 Å². The molecule has 0 spiro atoms. The highest BCUT2D eigenvalue weighted by Gasteiger charge is 2.38. The SMILES string of the molecule is CC(O)C(NC(=O)C1CCCN1C(=O)C(N)CCC(=O)O)C(=O)NC(CCC(N)=O)C(=O)O. The number of carboxylic acids is 2. The number of nitrogens with two attached hydrogens (primary N) is 2. The monoisotopic (exact) mass is 473 g/mol. The van der Waals surface area contributed by atoms with Gasteiger partial charge in [0.1, 0.15) is 18.1 Å². The predicted molar refractivity (Wildman–Crippen MR) is 111 cm³/mol. The van der Waals surface area contributed by atoms with Crippen molar-refractivity contribution in [2.75, 3.05) is 6.54 Å². The molecule has 0 aromatic carbocycles. The lowest BCUT2D eigenvalue weighted by molar-refractivity contribution is -0.144. The van der Waals surface area contributed by atoms with E-state index in [1.165, 1.54) is 11.8 Å². The Morgan fingerprint density at radius 2 is 1.70 bits per heavy atom. The summed E-state index contributed by atoms with van der Waals surface area (Å²) in [5, 5.41) is 32.4. The largest absolute Gasteiger partial charge is 0.481 e. The molecule has 0 bridgehead atoms. The summed E-state index contributed by atoms with van der Waals surface area (Å²) in [6, 6.07) is -5.12. The van der Waals surface area contributed by atoms with E-state index in [1.54, 1.807) is 0 Å². The van der Waals surface area contributed by atoms with Crippen LogP contribution >= 0.6 is 0 Å². The summed E-state index contributed by atoms with van der Waals surface area (Å²) in [7, 11) is 0. The number of rotatable bonds is 13. The smallest absolute Gasteiger partial charge is 0.326 e. The minimum absolute atomic E-state index is 0.112. The molecule has 14 nitrogen and oxygen atoms in total. The molecule has 33 heavy (non-hydrogen) atoms. The van der Waals surface area contributed by atoms with Crippen LogP contribution < -0.4 is 22.1 Å². The van der Waals surface area contributed by atoms with Gasteiger partial charge in [0.15, 0.2) is 0 Å². The van der Waals surface area contributed by atoms with Crippen LogP contribution in [0.2, 0.25) is 0 Å². The maximum Gasteiger partial charge on any atom is 0.326 e. The molecule has 1 saturated heterocycles. The second kappa shape index (κ2) is 12.7. The van der Waals surface area contributed by atoms with Crippen molar-refractivity contribution in [1.82, 2.24) is 15.5 Å². The van der Waals surface area contributed by atoms with Gasteiger partial charge in [-0.15, -0.1) is 0 Å². The summed E-state index contributed by atoms with van der Waals surface area (Å²) >= 11 is 0. The summed E-state index contributed by atoms with van der Waals surface area (Å²) in [6.07, 6.45) is -1.70. The molecule has 1 aliphatic rings. The Labute approximate surface area is 189 Å². The van der Waals surface area contributed by atoms with Gasteiger partial charge < -0.3 is 42.3 Å². The van der Waals surface area contributed by atoms with Crippen LogP contribution in [0.5, 0.6) is 0 Å². The molecule has 5 atom stereocenters. The van der Waals surface area contributed by atoms with Crippen molar-refractivity contribution in [1.29, 1.82) is 0 Å². The summed E-state index contributed by atoms with van der Waals surface area (Å²) in [5.74, 6) is -5.66. The minimum atomic E-state index is -1.54. The van der Waals surface area contributed by atoms with E-state index in [4.69, 9.17) is 16.6 Å². The van der Waals surface area contributed by atoms with Gasteiger partial charge in [0.05, 0.1) is 12.1 Å². The predicted octanol–water partition coefficient (Wildman–Crippen LogP) is -3.13. The fourth-order valence-corrected chi connectivity index (χ4v) is 3.38. The first-order valence-electron chi connectivity index (χ1n) is 10.4. The highest BCUT2D eigenvalue weighted by molar-refractivity contribution is 5.94. The van der Waals surface area contributed by atoms with Crippen LogP contribution in [0.25, 0.3) is 0 Å². The average molecular weight is 473 g/mol. The zero-order chi connectivity index (χ0) is 25.3. The lowest BCUT2D eigenvalue weighted by Crippen LogP contribution is -2.59. The Morgan fingerprint density at radius 3 is 2.21 bits per heavy atom. The van der Waals surface area contributed by atoms with Crippen LogP contribution in [0, 0.1) is 0 Å². The fourth-order valence-electron chi connectivity index (χ4n) is 3.38. The molecule has 1 heterocycles. The van der Waals surface area contributed by atoms with Crippen molar-refractivity contribution in [3.8, 4) is 0 Å². The van der Waals surface area contributed by atoms with Crippen molar-refractivity contribution in [2.24, 2.45) is 11.5 Å². The number of amides is 4. The van der Waals surface area contributed by atoms with E-state index in [-0.39, 0.29) is 38.6 Å². The van der Waals surface area contributed by atoms with Crippen molar-refractivity contribution in [3.63, 3.8) is 0 Å². The van der Waals surface area contributed by atoms with Crippen LogP contribution in [0.15, 0.2) is 0 Å². The molecule has 0 aromatic rings. The number of nitrogens with zero attached hydrogens (tertiary/aromatic N) is 1. The highest BCUT2D eigenvalue weighted by atomic mass is 16.4. The second-order valence-electron chi connectivity index (χ2n) is 7.86. The van der Waals surface area contributed by atoms with Crippen LogP contribution in [0.1, 0.15) is 45.4 Å². The molecule has 9 N–H and O–H groups in total. The standard InChI is InChI=1S/C19H31N5O9/c1-9(25)15(17(30)22-11(19(32)33)5-6-13(21)26)23-16(29)12-3-2-8-24(12)18(31)10(20)4-7-14(27)28/h9-12,15,25H,2-8,20H2,1H3,(H2,21,26)(H,22,30)(H,23,29)(H,27,28)(H,32,33). The maximum absolute atomic E-state index is 12.8. The fraction of sp³-hybridized carbons (Fsp3) is 0.684. The summed E-state index contributed by atoms with van der Waals surface area (Å²) in [5.41, 5.74) is 10.8. The van der Waals surface area contributed by atoms with E-state index in [0.29, 0.717) is 6.42 Å². The number of hydrogen-bond acceptors (Lipinski definition) is 8. The van der Waals surface area contributed by atoms with E-state index in [0.717, 1.165) is 0 Å². The Morgan fingerprint density at radius 1 is 1.06 bits per heavy atom. The molecule has 1 fully saturated rings. The third kappa shape index (κ3) is 8.65. The van der Waals surface area contributed by atoms with Crippen molar-refractivity contribution in [3.05, 3.63) is 0 Å². The molecular formula is C19H31N5O9. The summed E-state index contributed by atoms with van der Waals surface area (Å²) < 4.78 is 0. The third-order valence-electron chi connectivity index (χ3n) is 5.18. The molecule has 0 aliphatic carbocycles. The molecule has 0 saturated carbocycles. The van der Waals surface area contributed by atoms with Crippen LogP contribution in [0.3, 0.4) is 0 Å². The van der Waals surface area contributed by atoms with E-state index in [2.05, 4.69) is 10.6 Å². The van der Waals surface area contributed by atoms with Gasteiger partial charge in [-0.2, -0.15) is 0 Å². The minimum Gasteiger partial charge on any atom is -0.481 e. The van der Waals surface area contributed by atoms with Crippen molar-refractivity contribution in [2.45, 2.75) is 75.7 Å². The van der Waals surface area contributed by atoms with Crippen LogP contribution in [-0.2, 0) is 28.8 Å². The van der Waals surface area contributed by atoms with Gasteiger partial charge in [-0.1, -0.05) is 0 Å². The molecule has 4 amide bonds. The Balaban J connectivity index is 2.85. The zero-order valence-corrected chi connectivity index (χ0v) is 18.2. The molecule has 186 valence electrons. The number of aliphatic hydroxyl groups excluding tert-OH is 1. The lowest BCUT2D eigenvalue weighted by Gasteiger charge is -2.29. The van der Waals surface area contributed by atoms with Gasteiger partial charge in [-0.3, -0.25) is 24.0 Å². The number of carbonyl (C=O) groups is 6. The van der Waals surface area contributed by atoms with Gasteiger partial charge in [0.2, 0.25) is 23.6 Å². The molecule has 1 aliphatic heterocycles. The third-order valence-corrected chi connectivity index (χ3v) is 5.18. The quantitative estimate of drug-likeness (QED) is 0.142. The Kier molecular flexibility index (Phi) is 10.7. The van der Waals surface area contributed by atoms with Crippen LogP contribution in [0.4, 0.5) is 0 Å². The van der Waals surface area contributed by atoms with Crippen molar-refractivity contribution < 1.29 is 44.1 Å². The Hall–Kier alpha value is -3.26. The first-order valence-corrected chi connectivity index (χ1v) is 10.4.